The lowest BCUT2D eigenvalue weighted by Gasteiger charge is -2.29. The van der Waals surface area contributed by atoms with Gasteiger partial charge >= 0.3 is 12.1 Å². The van der Waals surface area contributed by atoms with Gasteiger partial charge in [-0.25, -0.2) is 8.78 Å². The van der Waals surface area contributed by atoms with Crippen LogP contribution in [0.1, 0.15) is 48.0 Å². The lowest BCUT2D eigenvalue weighted by atomic mass is 9.87. The lowest BCUT2D eigenvalue weighted by molar-refractivity contribution is -0.143. The Hall–Kier alpha value is -4.16. The van der Waals surface area contributed by atoms with Crippen molar-refractivity contribution in [3.63, 3.8) is 0 Å². The number of benzene rings is 2. The average molecular weight is 609 g/mol. The monoisotopic (exact) mass is 608 g/mol. The summed E-state index contributed by atoms with van der Waals surface area (Å²) in [5.41, 5.74) is -1.81. The molecule has 13 heteroatoms. The maximum Gasteiger partial charge on any atom is 0.419 e. The second-order valence-corrected chi connectivity index (χ2v) is 11.1. The Labute approximate surface area is 243 Å². The van der Waals surface area contributed by atoms with Crippen LogP contribution in [-0.4, -0.2) is 42.1 Å². The zero-order chi connectivity index (χ0) is 31.1. The standard InChI is InChI=1S/C30H29F5N2O6/c1-42-23-13-22(32)24(43-18-7-4-14(5-8-18)29(40)41)12-19(23)27(38)37-26-16-3-2-15(10-16)25(26)28(39)36-17-6-9-21(31)20(11-17)30(33,34)35/h2-3,6,9,11-16,18,25-26H,4-5,7-8,10H2,1H3,(H,36,39)(H,37,38)(H,40,41)/t14?,15-,16+,18?,25+,26-/m1/s1. The minimum absolute atomic E-state index is 0.0580. The summed E-state index contributed by atoms with van der Waals surface area (Å²) in [5, 5.41) is 14.4. The molecule has 2 saturated carbocycles. The van der Waals surface area contributed by atoms with Crippen LogP contribution in [0.5, 0.6) is 11.5 Å². The normalized spacial score (nSPS) is 26.2. The number of ether oxygens (including phenoxy) is 2. The minimum Gasteiger partial charge on any atom is -0.496 e. The van der Waals surface area contributed by atoms with E-state index in [2.05, 4.69) is 10.6 Å². The van der Waals surface area contributed by atoms with Gasteiger partial charge < -0.3 is 25.2 Å². The number of carbonyl (C=O) groups excluding carboxylic acids is 2. The first-order valence-electron chi connectivity index (χ1n) is 13.8. The van der Waals surface area contributed by atoms with Gasteiger partial charge in [-0.05, 0) is 68.2 Å². The Balaban J connectivity index is 1.32. The van der Waals surface area contributed by atoms with Crippen LogP contribution >= 0.6 is 0 Å². The number of allylic oxidation sites excluding steroid dienone is 1. The summed E-state index contributed by atoms with van der Waals surface area (Å²) in [4.78, 5) is 38.0. The highest BCUT2D eigenvalue weighted by molar-refractivity contribution is 5.99. The number of carbonyl (C=O) groups is 3. The number of rotatable bonds is 8. The third kappa shape index (κ3) is 6.30. The fourth-order valence-corrected chi connectivity index (χ4v) is 6.23. The van der Waals surface area contributed by atoms with Gasteiger partial charge in [0, 0.05) is 17.8 Å². The predicted octanol–water partition coefficient (Wildman–Crippen LogP) is 5.57. The number of hydrogen-bond acceptors (Lipinski definition) is 5. The molecular formula is C30H29F5N2O6. The number of carboxylic acid groups (broad SMARTS) is 1. The maximum absolute atomic E-state index is 14.9. The van der Waals surface area contributed by atoms with Crippen LogP contribution in [0.4, 0.5) is 27.6 Å². The van der Waals surface area contributed by atoms with Crippen molar-refractivity contribution in [2.24, 2.45) is 23.7 Å². The largest absolute Gasteiger partial charge is 0.496 e. The molecule has 8 nitrogen and oxygen atoms in total. The van der Waals surface area contributed by atoms with Crippen LogP contribution in [0.2, 0.25) is 0 Å². The van der Waals surface area contributed by atoms with Crippen LogP contribution in [-0.2, 0) is 15.8 Å². The summed E-state index contributed by atoms with van der Waals surface area (Å²) in [5.74, 6) is -6.61. The zero-order valence-corrected chi connectivity index (χ0v) is 22.9. The number of hydrogen-bond donors (Lipinski definition) is 3. The van der Waals surface area contributed by atoms with Gasteiger partial charge in [0.05, 0.1) is 36.2 Å². The summed E-state index contributed by atoms with van der Waals surface area (Å²) in [7, 11) is 1.26. The van der Waals surface area contributed by atoms with Crippen molar-refractivity contribution in [2.45, 2.75) is 50.4 Å². The molecule has 0 aromatic heterocycles. The molecule has 0 saturated heterocycles. The van der Waals surface area contributed by atoms with Gasteiger partial charge in [0.2, 0.25) is 5.91 Å². The number of amides is 2. The van der Waals surface area contributed by atoms with E-state index >= 15 is 0 Å². The third-order valence-electron chi connectivity index (χ3n) is 8.41. The first-order valence-corrected chi connectivity index (χ1v) is 13.8. The summed E-state index contributed by atoms with van der Waals surface area (Å²) in [6, 6.07) is 3.63. The highest BCUT2D eigenvalue weighted by atomic mass is 19.4. The summed E-state index contributed by atoms with van der Waals surface area (Å²) in [6.07, 6.45) is 0.342. The number of nitrogens with one attached hydrogen (secondary N) is 2. The molecule has 2 bridgehead atoms. The van der Waals surface area contributed by atoms with E-state index in [4.69, 9.17) is 9.47 Å². The molecule has 0 spiro atoms. The van der Waals surface area contributed by atoms with E-state index in [9.17, 15) is 41.4 Å². The summed E-state index contributed by atoms with van der Waals surface area (Å²) >= 11 is 0. The molecule has 0 radical (unpaired) electrons. The van der Waals surface area contributed by atoms with Crippen LogP contribution in [0.15, 0.2) is 42.5 Å². The zero-order valence-electron chi connectivity index (χ0n) is 22.9. The van der Waals surface area contributed by atoms with Crippen molar-refractivity contribution < 1.29 is 50.9 Å². The molecule has 3 aliphatic carbocycles. The number of carboxylic acids is 1. The van der Waals surface area contributed by atoms with Crippen LogP contribution < -0.4 is 20.1 Å². The number of methoxy groups -OCH3 is 1. The van der Waals surface area contributed by atoms with Crippen molar-refractivity contribution in [1.29, 1.82) is 0 Å². The lowest BCUT2D eigenvalue weighted by Crippen LogP contribution is -2.47. The van der Waals surface area contributed by atoms with Crippen molar-refractivity contribution in [2.75, 3.05) is 12.4 Å². The smallest absolute Gasteiger partial charge is 0.419 e. The Morgan fingerprint density at radius 1 is 0.930 bits per heavy atom. The Morgan fingerprint density at radius 3 is 2.28 bits per heavy atom. The van der Waals surface area contributed by atoms with Gasteiger partial charge in [0.1, 0.15) is 11.6 Å². The number of alkyl halides is 3. The third-order valence-corrected chi connectivity index (χ3v) is 8.41. The van der Waals surface area contributed by atoms with E-state index in [1.165, 1.54) is 13.2 Å². The molecule has 0 unspecified atom stereocenters. The molecule has 2 fully saturated rings. The van der Waals surface area contributed by atoms with Crippen molar-refractivity contribution >= 4 is 23.5 Å². The van der Waals surface area contributed by atoms with Crippen LogP contribution in [0.25, 0.3) is 0 Å². The predicted molar refractivity (Wildman–Crippen MR) is 142 cm³/mol. The maximum atomic E-state index is 14.9. The van der Waals surface area contributed by atoms with E-state index < -0.39 is 65.1 Å². The molecule has 4 atom stereocenters. The minimum atomic E-state index is -4.95. The summed E-state index contributed by atoms with van der Waals surface area (Å²) in [6.45, 7) is 0. The fourth-order valence-electron chi connectivity index (χ4n) is 6.23. The number of anilines is 1. The molecular weight excluding hydrogens is 579 g/mol. The second kappa shape index (κ2) is 11.8. The first-order chi connectivity index (χ1) is 20.3. The Morgan fingerprint density at radius 2 is 1.63 bits per heavy atom. The number of halogens is 5. The molecule has 3 aliphatic rings. The van der Waals surface area contributed by atoms with Gasteiger partial charge in [-0.3, -0.25) is 14.4 Å². The van der Waals surface area contributed by atoms with E-state index in [0.717, 1.165) is 12.1 Å². The van der Waals surface area contributed by atoms with Gasteiger partial charge in [0.15, 0.2) is 11.6 Å². The van der Waals surface area contributed by atoms with Gasteiger partial charge in [0.25, 0.3) is 5.91 Å². The van der Waals surface area contributed by atoms with Crippen molar-refractivity contribution in [3.8, 4) is 11.5 Å². The van der Waals surface area contributed by atoms with Gasteiger partial charge in [-0.15, -0.1) is 0 Å². The SMILES string of the molecule is COc1cc(F)c(OC2CCC(C(=O)O)CC2)cc1C(=O)N[C@H]1[C@@H](C(=O)Nc2ccc(F)c(C(F)(F)F)c2)[C@@H]2C=C[C@H]1C2. The molecule has 3 N–H and O–H groups in total. The van der Waals surface area contributed by atoms with E-state index in [0.29, 0.717) is 44.2 Å². The van der Waals surface area contributed by atoms with Crippen molar-refractivity contribution in [3.05, 3.63) is 65.2 Å². The quantitative estimate of drug-likeness (QED) is 0.267. The molecule has 5 rings (SSSR count). The average Bonchev–Trinajstić information content (AvgIpc) is 3.56. The summed E-state index contributed by atoms with van der Waals surface area (Å²) < 4.78 is 79.2. The van der Waals surface area contributed by atoms with Crippen LogP contribution in [0.3, 0.4) is 0 Å². The van der Waals surface area contributed by atoms with Gasteiger partial charge in [-0.1, -0.05) is 12.2 Å². The molecule has 0 heterocycles. The van der Waals surface area contributed by atoms with E-state index in [-0.39, 0.29) is 34.6 Å². The van der Waals surface area contributed by atoms with E-state index in [1.807, 2.05) is 12.2 Å². The van der Waals surface area contributed by atoms with Crippen molar-refractivity contribution in [1.82, 2.24) is 5.32 Å². The molecule has 2 aromatic carbocycles. The molecule has 43 heavy (non-hydrogen) atoms. The number of aliphatic carboxylic acids is 1. The van der Waals surface area contributed by atoms with Gasteiger partial charge in [-0.2, -0.15) is 13.2 Å². The molecule has 2 amide bonds. The topological polar surface area (TPSA) is 114 Å². The van der Waals surface area contributed by atoms with Crippen LogP contribution in [0, 0.1) is 35.3 Å². The second-order valence-electron chi connectivity index (χ2n) is 11.1. The Kier molecular flexibility index (Phi) is 8.35. The highest BCUT2D eigenvalue weighted by Crippen LogP contribution is 2.45. The highest BCUT2D eigenvalue weighted by Gasteiger charge is 2.49. The van der Waals surface area contributed by atoms with E-state index in [1.54, 1.807) is 0 Å². The molecule has 2 aromatic rings. The fraction of sp³-hybridized carbons (Fsp3) is 0.433. The number of fused-ring (bicyclic) bond motifs is 2. The Bertz CT molecular complexity index is 1450. The molecule has 230 valence electrons. The first kappa shape index (κ1) is 30.3. The molecule has 0 aliphatic heterocycles.